The molecule has 7 heteroatoms. The van der Waals surface area contributed by atoms with Crippen LogP contribution in [-0.4, -0.2) is 33.5 Å². The Bertz CT molecular complexity index is 931. The van der Waals surface area contributed by atoms with Crippen LogP contribution in [0.15, 0.2) is 53.4 Å². The van der Waals surface area contributed by atoms with E-state index in [1.54, 1.807) is 12.1 Å². The summed E-state index contributed by atoms with van der Waals surface area (Å²) < 4.78 is 27.3. The molecule has 0 radical (unpaired) electrons. The maximum Gasteiger partial charge on any atom is 0.255 e. The van der Waals surface area contributed by atoms with Crippen LogP contribution in [0.2, 0.25) is 0 Å². The van der Waals surface area contributed by atoms with Crippen LogP contribution in [0.3, 0.4) is 0 Å². The zero-order valence-electron chi connectivity index (χ0n) is 15.0. The molecule has 6 nitrogen and oxygen atoms in total. The van der Waals surface area contributed by atoms with Crippen molar-refractivity contribution in [3.05, 3.63) is 54.1 Å². The molecule has 2 aromatic rings. The number of hydrogen-bond acceptors (Lipinski definition) is 4. The lowest BCUT2D eigenvalue weighted by Gasteiger charge is -2.17. The van der Waals surface area contributed by atoms with Gasteiger partial charge in [0.15, 0.2) is 0 Å². The lowest BCUT2D eigenvalue weighted by Crippen LogP contribution is -2.26. The number of hydrogen-bond donors (Lipinski definition) is 2. The van der Waals surface area contributed by atoms with E-state index >= 15 is 0 Å². The second-order valence-electron chi connectivity index (χ2n) is 7.12. The lowest BCUT2D eigenvalue weighted by molar-refractivity contribution is 0.102. The highest BCUT2D eigenvalue weighted by molar-refractivity contribution is 7.89. The van der Waals surface area contributed by atoms with Crippen molar-refractivity contribution < 1.29 is 13.2 Å². The van der Waals surface area contributed by atoms with Gasteiger partial charge in [0, 0.05) is 36.1 Å². The molecule has 1 aliphatic heterocycles. The molecular formula is C20H23N3O3S. The third kappa shape index (κ3) is 4.31. The minimum absolute atomic E-state index is 0.0293. The van der Waals surface area contributed by atoms with E-state index < -0.39 is 10.0 Å². The molecule has 0 unspecified atom stereocenters. The Labute approximate surface area is 159 Å². The molecule has 1 amide bonds. The maximum atomic E-state index is 12.5. The number of nitrogens with zero attached hydrogens (tertiary/aromatic N) is 1. The van der Waals surface area contributed by atoms with Crippen LogP contribution in [0.5, 0.6) is 0 Å². The summed E-state index contributed by atoms with van der Waals surface area (Å²) in [5.74, 6) is -0.326. The highest BCUT2D eigenvalue weighted by Gasteiger charge is 2.28. The van der Waals surface area contributed by atoms with E-state index in [2.05, 4.69) is 14.9 Å². The Morgan fingerprint density at radius 2 is 1.70 bits per heavy atom. The predicted molar refractivity (Wildman–Crippen MR) is 106 cm³/mol. The number of sulfonamides is 1. The summed E-state index contributed by atoms with van der Waals surface area (Å²) in [5.41, 5.74) is 2.16. The standard InChI is InChI=1S/C20H23N3O3S/c24-20(21-16-8-10-18(11-9-16)23-12-1-2-13-23)15-4-3-5-19(14-15)27(25,26)22-17-6-7-17/h3-5,8-11,14,17,22H,1-2,6-7,12-13H2,(H,21,24). The smallest absolute Gasteiger partial charge is 0.255 e. The average Bonchev–Trinajstić information content (AvgIpc) is 3.30. The van der Waals surface area contributed by atoms with Crippen molar-refractivity contribution in [3.63, 3.8) is 0 Å². The van der Waals surface area contributed by atoms with Crippen molar-refractivity contribution in [1.29, 1.82) is 0 Å². The maximum absolute atomic E-state index is 12.5. The molecule has 2 aliphatic rings. The number of carbonyl (C=O) groups excluding carboxylic acids is 1. The quantitative estimate of drug-likeness (QED) is 0.801. The van der Waals surface area contributed by atoms with Crippen molar-refractivity contribution >= 4 is 27.3 Å². The van der Waals surface area contributed by atoms with Gasteiger partial charge < -0.3 is 10.2 Å². The van der Waals surface area contributed by atoms with Gasteiger partial charge in [0.1, 0.15) is 0 Å². The predicted octanol–water partition coefficient (Wildman–Crippen LogP) is 2.98. The zero-order chi connectivity index (χ0) is 18.9. The van der Waals surface area contributed by atoms with Crippen molar-refractivity contribution in [2.75, 3.05) is 23.3 Å². The molecule has 1 saturated heterocycles. The zero-order valence-corrected chi connectivity index (χ0v) is 15.8. The minimum atomic E-state index is -3.58. The molecular weight excluding hydrogens is 362 g/mol. The Kier molecular flexibility index (Phi) is 4.88. The molecule has 1 saturated carbocycles. The first-order valence-electron chi connectivity index (χ1n) is 9.30. The minimum Gasteiger partial charge on any atom is -0.372 e. The van der Waals surface area contributed by atoms with E-state index in [0.29, 0.717) is 11.3 Å². The Hall–Kier alpha value is -2.38. The van der Waals surface area contributed by atoms with Crippen LogP contribution in [0.4, 0.5) is 11.4 Å². The van der Waals surface area contributed by atoms with Gasteiger partial charge in [-0.15, -0.1) is 0 Å². The fraction of sp³-hybridized carbons (Fsp3) is 0.350. The van der Waals surface area contributed by atoms with E-state index in [1.807, 2.05) is 24.3 Å². The largest absolute Gasteiger partial charge is 0.372 e. The monoisotopic (exact) mass is 385 g/mol. The molecule has 0 spiro atoms. The van der Waals surface area contributed by atoms with Gasteiger partial charge in [-0.05, 0) is 68.1 Å². The van der Waals surface area contributed by atoms with Crippen molar-refractivity contribution in [1.82, 2.24) is 4.72 Å². The summed E-state index contributed by atoms with van der Waals surface area (Å²) in [4.78, 5) is 15.0. The average molecular weight is 385 g/mol. The van der Waals surface area contributed by atoms with Crippen LogP contribution in [0.25, 0.3) is 0 Å². The number of benzene rings is 2. The Morgan fingerprint density at radius 1 is 1.00 bits per heavy atom. The van der Waals surface area contributed by atoms with Crippen LogP contribution in [-0.2, 0) is 10.0 Å². The van der Waals surface area contributed by atoms with Gasteiger partial charge >= 0.3 is 0 Å². The van der Waals surface area contributed by atoms with E-state index in [9.17, 15) is 13.2 Å². The molecule has 2 aromatic carbocycles. The van der Waals surface area contributed by atoms with Gasteiger partial charge in [-0.2, -0.15) is 0 Å². The van der Waals surface area contributed by atoms with Crippen LogP contribution in [0.1, 0.15) is 36.0 Å². The third-order valence-electron chi connectivity index (χ3n) is 4.90. The molecule has 4 rings (SSSR count). The second-order valence-corrected chi connectivity index (χ2v) is 8.83. The van der Waals surface area contributed by atoms with Gasteiger partial charge in [-0.25, -0.2) is 13.1 Å². The first kappa shape index (κ1) is 18.0. The molecule has 142 valence electrons. The molecule has 0 bridgehead atoms. The highest BCUT2D eigenvalue weighted by Crippen LogP contribution is 2.24. The first-order valence-corrected chi connectivity index (χ1v) is 10.8. The molecule has 1 aliphatic carbocycles. The van der Waals surface area contributed by atoms with E-state index in [-0.39, 0.29) is 16.8 Å². The third-order valence-corrected chi connectivity index (χ3v) is 6.42. The Balaban J connectivity index is 1.45. The molecule has 2 fully saturated rings. The van der Waals surface area contributed by atoms with E-state index in [1.165, 1.54) is 25.0 Å². The molecule has 27 heavy (non-hydrogen) atoms. The summed E-state index contributed by atoms with van der Waals surface area (Å²) in [7, 11) is -3.58. The lowest BCUT2D eigenvalue weighted by atomic mass is 10.2. The summed E-state index contributed by atoms with van der Waals surface area (Å²) in [6.07, 6.45) is 4.17. The van der Waals surface area contributed by atoms with E-state index in [4.69, 9.17) is 0 Å². The topological polar surface area (TPSA) is 78.5 Å². The van der Waals surface area contributed by atoms with Gasteiger partial charge in [0.2, 0.25) is 10.0 Å². The normalized spacial score (nSPS) is 17.1. The number of rotatable bonds is 6. The fourth-order valence-electron chi connectivity index (χ4n) is 3.23. The van der Waals surface area contributed by atoms with Crippen molar-refractivity contribution in [3.8, 4) is 0 Å². The van der Waals surface area contributed by atoms with Crippen LogP contribution < -0.4 is 14.9 Å². The molecule has 0 atom stereocenters. The number of anilines is 2. The first-order chi connectivity index (χ1) is 13.0. The fourth-order valence-corrected chi connectivity index (χ4v) is 4.58. The van der Waals surface area contributed by atoms with Gasteiger partial charge in [-0.1, -0.05) is 6.07 Å². The summed E-state index contributed by atoms with van der Waals surface area (Å²) in [6, 6.07) is 13.9. The van der Waals surface area contributed by atoms with Crippen molar-refractivity contribution in [2.24, 2.45) is 0 Å². The number of amides is 1. The molecule has 2 N–H and O–H groups in total. The summed E-state index contributed by atoms with van der Waals surface area (Å²) >= 11 is 0. The van der Waals surface area contributed by atoms with Gasteiger partial charge in [0.25, 0.3) is 5.91 Å². The highest BCUT2D eigenvalue weighted by atomic mass is 32.2. The van der Waals surface area contributed by atoms with Crippen LogP contribution >= 0.6 is 0 Å². The SMILES string of the molecule is O=C(Nc1ccc(N2CCCC2)cc1)c1cccc(S(=O)(=O)NC2CC2)c1. The Morgan fingerprint density at radius 3 is 2.37 bits per heavy atom. The van der Waals surface area contributed by atoms with Crippen LogP contribution in [0, 0.1) is 0 Å². The molecule has 0 aromatic heterocycles. The van der Waals surface area contributed by atoms with Crippen molar-refractivity contribution in [2.45, 2.75) is 36.6 Å². The molecule has 1 heterocycles. The summed E-state index contributed by atoms with van der Waals surface area (Å²) in [6.45, 7) is 2.14. The number of nitrogens with one attached hydrogen (secondary N) is 2. The van der Waals surface area contributed by atoms with Gasteiger partial charge in [0.05, 0.1) is 4.90 Å². The number of carbonyl (C=O) groups is 1. The van der Waals surface area contributed by atoms with Gasteiger partial charge in [-0.3, -0.25) is 4.79 Å². The second kappa shape index (κ2) is 7.32. The van der Waals surface area contributed by atoms with E-state index in [0.717, 1.165) is 31.6 Å². The summed E-state index contributed by atoms with van der Waals surface area (Å²) in [5, 5.41) is 2.84.